The second-order valence-electron chi connectivity index (χ2n) is 0. The zero-order chi connectivity index (χ0) is 0. The molecule has 21 valence electrons. The molecule has 2 nitrogen and oxygen atoms in total. The van der Waals surface area contributed by atoms with Crippen LogP contribution in [0.5, 0.6) is 0 Å². The fourth-order valence-corrected chi connectivity index (χ4v) is 0. The Morgan fingerprint density at radius 2 is 0.800 bits per heavy atom. The van der Waals surface area contributed by atoms with E-state index in [-0.39, 0.29) is 91.6 Å². The van der Waals surface area contributed by atoms with E-state index < -0.39 is 0 Å². The first-order chi connectivity index (χ1) is 0. The molecule has 0 unspecified atom stereocenters. The third kappa shape index (κ3) is 20.7. The van der Waals surface area contributed by atoms with E-state index in [1.807, 2.05) is 0 Å². The first-order valence-corrected chi connectivity index (χ1v) is 0. The van der Waals surface area contributed by atoms with Crippen molar-refractivity contribution in [2.75, 3.05) is 0 Å². The molecule has 0 aromatic heterocycles. The summed E-state index contributed by atoms with van der Waals surface area (Å²) < 4.78 is 0. The summed E-state index contributed by atoms with van der Waals surface area (Å²) in [5.74, 6) is 0. The molecule has 0 aromatic rings. The molecule has 0 aliphatic heterocycles. The van der Waals surface area contributed by atoms with E-state index in [9.17, 15) is 0 Å². The standard InChI is InChI=1S/La.Li.2O.Zr.H/q;;2*-2;+4;. The van der Waals surface area contributed by atoms with Gasteiger partial charge in [-0.3, -0.25) is 0 Å². The van der Waals surface area contributed by atoms with E-state index in [0.717, 1.165) is 0 Å². The van der Waals surface area contributed by atoms with Crippen LogP contribution in [-0.4, -0.2) is 18.9 Å². The quantitative estimate of drug-likeness (QED) is 0.513. The van der Waals surface area contributed by atoms with Crippen LogP contribution in [0.2, 0.25) is 0 Å². The van der Waals surface area contributed by atoms with Gasteiger partial charge in [-0.15, -0.1) is 0 Å². The largest absolute Gasteiger partial charge is 4.00 e. The van der Waals surface area contributed by atoms with Crippen LogP contribution in [0.1, 0.15) is 0 Å². The predicted molar refractivity (Wildman–Crippen MR) is 8.52 cm³/mol. The maximum absolute atomic E-state index is 0. The number of rotatable bonds is 0. The van der Waals surface area contributed by atoms with Crippen LogP contribution in [0.15, 0.2) is 0 Å². The van der Waals surface area contributed by atoms with Crippen molar-refractivity contribution < 1.29 is 72.8 Å². The second kappa shape index (κ2) is 30.7. The summed E-state index contributed by atoms with van der Waals surface area (Å²) in [4.78, 5) is 0. The molecule has 0 spiro atoms. The normalized spacial score (nSPS) is 0. The van der Waals surface area contributed by atoms with Gasteiger partial charge in [0.15, 0.2) is 0 Å². The molecule has 5 heteroatoms. The fourth-order valence-electron chi connectivity index (χ4n) is 0. The Bertz CT molecular complexity index is 9.61. The zero-order valence-electron chi connectivity index (χ0n) is 1.89. The third-order valence-electron chi connectivity index (χ3n) is 0. The van der Waals surface area contributed by atoms with Crippen molar-refractivity contribution in [1.82, 2.24) is 0 Å². The molecule has 0 fully saturated rings. The Morgan fingerprint density at radius 3 is 0.800 bits per heavy atom. The van der Waals surface area contributed by atoms with Crippen molar-refractivity contribution in [3.8, 4) is 0 Å². The predicted octanol–water partition coefficient (Wildman–Crippen LogP) is -0.889. The summed E-state index contributed by atoms with van der Waals surface area (Å²) in [6, 6.07) is 0. The van der Waals surface area contributed by atoms with Gasteiger partial charge in [-0.1, -0.05) is 0 Å². The van der Waals surface area contributed by atoms with Crippen molar-refractivity contribution in [3.05, 3.63) is 0 Å². The Hall–Kier alpha value is 2.60. The average Bonchev–Trinajstić information content (AvgIpc) is 0. The van der Waals surface area contributed by atoms with Gasteiger partial charge in [0.2, 0.25) is 0 Å². The molecule has 1 radical (unpaired) electrons. The second-order valence-corrected chi connectivity index (χ2v) is 0. The average molecular weight is 270 g/mol. The molecule has 0 amide bonds. The molecule has 5 heavy (non-hydrogen) atoms. The van der Waals surface area contributed by atoms with Gasteiger partial charge in [0, 0.05) is 35.6 Å². The van der Waals surface area contributed by atoms with Gasteiger partial charge >= 0.3 is 45.1 Å². The smallest absolute Gasteiger partial charge is 2.00 e. The molecule has 0 bridgehead atoms. The summed E-state index contributed by atoms with van der Waals surface area (Å²) in [6.07, 6.45) is 0. The number of hydrogen-bond donors (Lipinski definition) is 0. The molecular formula is HLaLiO2Zr. The van der Waals surface area contributed by atoms with Crippen LogP contribution in [0.3, 0.4) is 0 Å². The molecule has 0 heterocycles. The zero-order valence-corrected chi connectivity index (χ0v) is 7.98. The minimum Gasteiger partial charge on any atom is -2.00 e. The van der Waals surface area contributed by atoms with Crippen LogP contribution in [0, 0.1) is 35.6 Å². The molecule has 0 saturated heterocycles. The summed E-state index contributed by atoms with van der Waals surface area (Å²) in [6.45, 7) is 0. The van der Waals surface area contributed by atoms with E-state index >= 15 is 0 Å². The minimum absolute atomic E-state index is 0. The summed E-state index contributed by atoms with van der Waals surface area (Å²) in [5, 5.41) is 0. The monoisotopic (exact) mass is 269 g/mol. The maximum Gasteiger partial charge on any atom is 4.00 e. The molecule has 0 atom stereocenters. The summed E-state index contributed by atoms with van der Waals surface area (Å²) in [7, 11) is 0. The Balaban J connectivity index is 0. The van der Waals surface area contributed by atoms with E-state index in [1.54, 1.807) is 0 Å². The van der Waals surface area contributed by atoms with E-state index in [1.165, 1.54) is 0 Å². The van der Waals surface area contributed by atoms with Crippen molar-refractivity contribution in [3.63, 3.8) is 0 Å². The molecule has 0 aliphatic carbocycles. The Kier molecular flexibility index (Phi) is 301. The fraction of sp³-hybridized carbons (Fsp3) is 0. The summed E-state index contributed by atoms with van der Waals surface area (Å²) >= 11 is 0. The van der Waals surface area contributed by atoms with Gasteiger partial charge in [-0.25, -0.2) is 0 Å². The first-order valence-electron chi connectivity index (χ1n) is 0. The van der Waals surface area contributed by atoms with Crippen molar-refractivity contribution in [2.24, 2.45) is 0 Å². The van der Waals surface area contributed by atoms with Gasteiger partial charge in [0.25, 0.3) is 0 Å². The number of hydrogen-bond acceptors (Lipinski definition) is 0. The van der Waals surface area contributed by atoms with Crippen molar-refractivity contribution >= 4 is 18.9 Å². The minimum atomic E-state index is 0. The topological polar surface area (TPSA) is 57.0 Å². The van der Waals surface area contributed by atoms with E-state index in [0.29, 0.717) is 0 Å². The molecule has 0 rings (SSSR count). The first kappa shape index (κ1) is 49.0. The van der Waals surface area contributed by atoms with Crippen LogP contribution >= 0.6 is 0 Å². The maximum atomic E-state index is 0. The Morgan fingerprint density at radius 1 is 0.800 bits per heavy atom. The van der Waals surface area contributed by atoms with Gasteiger partial charge in [-0.2, -0.15) is 0 Å². The molecule has 0 aliphatic rings. The third-order valence-corrected chi connectivity index (χ3v) is 0. The molecule has 0 saturated carbocycles. The van der Waals surface area contributed by atoms with Crippen LogP contribution in [-0.2, 0) is 37.2 Å². The van der Waals surface area contributed by atoms with Crippen LogP contribution < -0.4 is 0 Å². The molecular weight excluding hydrogens is 269 g/mol. The molecule has 0 aromatic carbocycles. The molecule has 0 N–H and O–H groups in total. The SMILES string of the molecule is [La].[LiH].[O-2].[O-2].[Zr+4]. The van der Waals surface area contributed by atoms with Gasteiger partial charge in [0.05, 0.1) is 0 Å². The van der Waals surface area contributed by atoms with Crippen LogP contribution in [0.4, 0.5) is 0 Å². The van der Waals surface area contributed by atoms with Crippen molar-refractivity contribution in [1.29, 1.82) is 0 Å². The van der Waals surface area contributed by atoms with Gasteiger partial charge in [-0.05, 0) is 0 Å². The summed E-state index contributed by atoms with van der Waals surface area (Å²) in [5.41, 5.74) is 0. The van der Waals surface area contributed by atoms with Crippen LogP contribution in [0.25, 0.3) is 0 Å². The Labute approximate surface area is 90.0 Å². The van der Waals surface area contributed by atoms with Gasteiger partial charge in [0.1, 0.15) is 0 Å². The van der Waals surface area contributed by atoms with E-state index in [2.05, 4.69) is 0 Å². The van der Waals surface area contributed by atoms with Crippen molar-refractivity contribution in [2.45, 2.75) is 0 Å². The van der Waals surface area contributed by atoms with Gasteiger partial charge < -0.3 is 11.0 Å². The van der Waals surface area contributed by atoms with E-state index in [4.69, 9.17) is 0 Å².